The van der Waals surface area contributed by atoms with Crippen molar-refractivity contribution in [1.82, 2.24) is 10.2 Å². The van der Waals surface area contributed by atoms with E-state index in [2.05, 4.69) is 5.32 Å². The second-order valence-corrected chi connectivity index (χ2v) is 12.5. The summed E-state index contributed by atoms with van der Waals surface area (Å²) < 4.78 is 5.29. The fourth-order valence-corrected chi connectivity index (χ4v) is 7.16. The summed E-state index contributed by atoms with van der Waals surface area (Å²) in [7, 11) is 6.72. The number of phenols is 1. The number of benzene rings is 2. The number of nitrogens with one attached hydrogen (secondary N) is 1. The van der Waals surface area contributed by atoms with Crippen LogP contribution in [0.3, 0.4) is 0 Å². The Morgan fingerprint density at radius 3 is 2.33 bits per heavy atom. The maximum atomic E-state index is 14.2. The Balaban J connectivity index is 1.55. The SMILES string of the molecule is Cc1ccc(OC(=O)NCc2cc(N(C)C)c3c(c2O)C(=O)C2=C(O)[C@]4(O)C(=O)C(C(N)=O)C(O)[C@@H](N(C)C)[C@@H]4C[C@@H]2C3)cc1. The van der Waals surface area contributed by atoms with Gasteiger partial charge in [0.2, 0.25) is 5.91 Å². The molecule has 0 aliphatic heterocycles. The van der Waals surface area contributed by atoms with E-state index in [1.165, 1.54) is 0 Å². The molecule has 0 heterocycles. The fourth-order valence-electron chi connectivity index (χ4n) is 7.16. The van der Waals surface area contributed by atoms with Crippen LogP contribution < -0.4 is 20.7 Å². The van der Waals surface area contributed by atoms with Crippen LogP contribution in [0.15, 0.2) is 41.7 Å². The Hall–Kier alpha value is -4.46. The lowest BCUT2D eigenvalue weighted by Crippen LogP contribution is -2.71. The molecule has 13 nitrogen and oxygen atoms in total. The quantitative estimate of drug-likeness (QED) is 0.250. The van der Waals surface area contributed by atoms with Gasteiger partial charge in [-0.1, -0.05) is 17.7 Å². The van der Waals surface area contributed by atoms with Crippen molar-refractivity contribution in [3.8, 4) is 11.5 Å². The number of aliphatic hydroxyl groups excluding tert-OH is 2. The highest BCUT2D eigenvalue weighted by Gasteiger charge is 2.66. The maximum absolute atomic E-state index is 14.2. The largest absolute Gasteiger partial charge is 0.508 e. The number of hydrogen-bond acceptors (Lipinski definition) is 11. The number of carbonyl (C=O) groups is 4. The molecule has 1 fully saturated rings. The standard InChI is InChI=1S/C32H38N4O9/c1-14-6-8-17(9-7-14)45-31(43)34-13-16-12-20(35(2)3)18-10-15-11-19-24(36(4)5)27(39)23(30(33)42)29(41)32(19,44)28(40)21(15)26(38)22(18)25(16)37/h6-9,12,15,19,23-24,27,37,39-40,44H,10-11,13H2,1-5H3,(H2,33,42)(H,34,43)/t15-,19-,23?,24-,27?,32-/m0/s1. The molecule has 0 radical (unpaired) electrons. The van der Waals surface area contributed by atoms with Crippen LogP contribution in [0, 0.1) is 24.7 Å². The number of primary amides is 1. The minimum absolute atomic E-state index is 0.0139. The Morgan fingerprint density at radius 2 is 1.76 bits per heavy atom. The van der Waals surface area contributed by atoms with E-state index < -0.39 is 70.6 Å². The summed E-state index contributed by atoms with van der Waals surface area (Å²) in [6.07, 6.45) is -2.17. The van der Waals surface area contributed by atoms with E-state index in [-0.39, 0.29) is 36.1 Å². The molecule has 3 aliphatic rings. The van der Waals surface area contributed by atoms with Gasteiger partial charge < -0.3 is 46.0 Å². The summed E-state index contributed by atoms with van der Waals surface area (Å²) in [5.74, 6) is -7.77. The highest BCUT2D eigenvalue weighted by Crippen LogP contribution is 2.53. The summed E-state index contributed by atoms with van der Waals surface area (Å²) >= 11 is 0. The normalized spacial score (nSPS) is 27.4. The van der Waals surface area contributed by atoms with Crippen LogP contribution in [0.4, 0.5) is 10.5 Å². The lowest BCUT2D eigenvalue weighted by molar-refractivity contribution is -0.178. The molecule has 3 aliphatic carbocycles. The number of nitrogens with zero attached hydrogens (tertiary/aromatic N) is 2. The number of ketones is 2. The van der Waals surface area contributed by atoms with Gasteiger partial charge in [0.05, 0.1) is 11.7 Å². The maximum Gasteiger partial charge on any atom is 0.412 e. The number of hydrogen-bond donors (Lipinski definition) is 6. The lowest BCUT2D eigenvalue weighted by atomic mass is 9.56. The van der Waals surface area contributed by atoms with Gasteiger partial charge in [-0.25, -0.2) is 4.79 Å². The van der Waals surface area contributed by atoms with Gasteiger partial charge in [-0.3, -0.25) is 14.4 Å². The van der Waals surface area contributed by atoms with Crippen molar-refractivity contribution in [2.24, 2.45) is 23.5 Å². The number of carbonyl (C=O) groups excluding carboxylic acids is 4. The topological polar surface area (TPSA) is 203 Å². The highest BCUT2D eigenvalue weighted by atomic mass is 16.6. The molecule has 2 aromatic rings. The van der Waals surface area contributed by atoms with Gasteiger partial charge in [0.1, 0.15) is 23.2 Å². The zero-order valence-electron chi connectivity index (χ0n) is 25.7. The number of phenolic OH excluding ortho intramolecular Hbond substituents is 1. The third kappa shape index (κ3) is 5.10. The Kier molecular flexibility index (Phi) is 8.15. The van der Waals surface area contributed by atoms with Gasteiger partial charge in [0.15, 0.2) is 17.2 Å². The number of ether oxygens (including phenoxy) is 1. The number of rotatable bonds is 6. The molecule has 13 heteroatoms. The lowest BCUT2D eigenvalue weighted by Gasteiger charge is -2.53. The third-order valence-corrected chi connectivity index (χ3v) is 9.29. The molecule has 6 atom stereocenters. The van der Waals surface area contributed by atoms with Crippen LogP contribution in [-0.2, 0) is 22.6 Å². The molecule has 0 spiro atoms. The van der Waals surface area contributed by atoms with Crippen molar-refractivity contribution < 1.29 is 44.3 Å². The van der Waals surface area contributed by atoms with E-state index in [1.807, 2.05) is 6.92 Å². The molecule has 0 bridgehead atoms. The molecule has 45 heavy (non-hydrogen) atoms. The minimum atomic E-state index is -2.67. The average Bonchev–Trinajstić information content (AvgIpc) is 2.95. The second-order valence-electron chi connectivity index (χ2n) is 12.5. The monoisotopic (exact) mass is 622 g/mol. The number of Topliss-reactive ketones (excluding diaryl/α,β-unsaturated/α-hetero) is 2. The molecular formula is C32H38N4O9. The molecule has 5 rings (SSSR count). The Labute approximate surface area is 259 Å². The molecule has 1 saturated carbocycles. The zero-order valence-corrected chi connectivity index (χ0v) is 25.7. The van der Waals surface area contributed by atoms with E-state index in [1.54, 1.807) is 68.3 Å². The average molecular weight is 623 g/mol. The summed E-state index contributed by atoms with van der Waals surface area (Å²) in [6, 6.07) is 7.53. The first-order valence-corrected chi connectivity index (χ1v) is 14.6. The first kappa shape index (κ1) is 31.9. The van der Waals surface area contributed by atoms with Crippen molar-refractivity contribution in [3.63, 3.8) is 0 Å². The molecule has 0 saturated heterocycles. The fraction of sp³-hybridized carbons (Fsp3) is 0.438. The third-order valence-electron chi connectivity index (χ3n) is 9.29. The predicted molar refractivity (Wildman–Crippen MR) is 162 cm³/mol. The number of nitrogens with two attached hydrogens (primary N) is 1. The molecule has 2 amide bonds. The van der Waals surface area contributed by atoms with Crippen molar-refractivity contribution in [3.05, 3.63) is 63.9 Å². The summed E-state index contributed by atoms with van der Waals surface area (Å²) in [5, 5.41) is 48.4. The summed E-state index contributed by atoms with van der Waals surface area (Å²) in [4.78, 5) is 55.8. The van der Waals surface area contributed by atoms with E-state index >= 15 is 0 Å². The van der Waals surface area contributed by atoms with E-state index in [0.29, 0.717) is 17.0 Å². The summed E-state index contributed by atoms with van der Waals surface area (Å²) in [5.41, 5.74) is 4.63. The van der Waals surface area contributed by atoms with E-state index in [0.717, 1.165) is 5.56 Å². The van der Waals surface area contributed by atoms with Crippen LogP contribution in [-0.4, -0.2) is 94.8 Å². The first-order chi connectivity index (χ1) is 21.1. The number of aliphatic hydroxyl groups is 3. The summed E-state index contributed by atoms with van der Waals surface area (Å²) in [6.45, 7) is 1.69. The number of likely N-dealkylation sites (N-methyl/N-ethyl adjacent to an activating group) is 1. The molecular weight excluding hydrogens is 584 g/mol. The molecule has 7 N–H and O–H groups in total. The number of amides is 2. The number of fused-ring (bicyclic) bond motifs is 3. The van der Waals surface area contributed by atoms with Crippen molar-refractivity contribution in [1.29, 1.82) is 0 Å². The van der Waals surface area contributed by atoms with Crippen LogP contribution in [0.25, 0.3) is 0 Å². The van der Waals surface area contributed by atoms with Gasteiger partial charge >= 0.3 is 6.09 Å². The van der Waals surface area contributed by atoms with Crippen molar-refractivity contribution >= 4 is 29.3 Å². The van der Waals surface area contributed by atoms with Gasteiger partial charge in [-0.2, -0.15) is 0 Å². The van der Waals surface area contributed by atoms with Crippen molar-refractivity contribution in [2.45, 2.75) is 44.1 Å². The van der Waals surface area contributed by atoms with E-state index in [4.69, 9.17) is 10.5 Å². The molecule has 0 aromatic heterocycles. The molecule has 2 aromatic carbocycles. The van der Waals surface area contributed by atoms with Crippen LogP contribution >= 0.6 is 0 Å². The van der Waals surface area contributed by atoms with Gasteiger partial charge in [0.25, 0.3) is 0 Å². The number of aromatic hydroxyl groups is 1. The first-order valence-electron chi connectivity index (χ1n) is 14.6. The van der Waals surface area contributed by atoms with Crippen LogP contribution in [0.1, 0.15) is 33.5 Å². The predicted octanol–water partition coefficient (Wildman–Crippen LogP) is 0.949. The van der Waals surface area contributed by atoms with Crippen molar-refractivity contribution in [2.75, 3.05) is 33.1 Å². The smallest absolute Gasteiger partial charge is 0.412 e. The second kappa shape index (κ2) is 11.5. The molecule has 2 unspecified atom stereocenters. The number of allylic oxidation sites excluding steroid dienone is 1. The number of anilines is 1. The van der Waals surface area contributed by atoms with Gasteiger partial charge in [-0.15, -0.1) is 0 Å². The van der Waals surface area contributed by atoms with Gasteiger partial charge in [0, 0.05) is 49.4 Å². The highest BCUT2D eigenvalue weighted by molar-refractivity contribution is 6.16. The van der Waals surface area contributed by atoms with E-state index in [9.17, 15) is 39.6 Å². The molecule has 240 valence electrons. The zero-order chi connectivity index (χ0) is 33.1. The Morgan fingerprint density at radius 1 is 1.11 bits per heavy atom. The Bertz CT molecular complexity index is 1620. The van der Waals surface area contributed by atoms with Gasteiger partial charge in [-0.05, 0) is 63.5 Å². The van der Waals surface area contributed by atoms with Crippen LogP contribution in [0.5, 0.6) is 11.5 Å². The van der Waals surface area contributed by atoms with Crippen LogP contribution in [0.2, 0.25) is 0 Å². The number of aryl methyl sites for hydroxylation is 1. The minimum Gasteiger partial charge on any atom is -0.508 e.